The highest BCUT2D eigenvalue weighted by Crippen LogP contribution is 2.26. The van der Waals surface area contributed by atoms with Gasteiger partial charge in [0.25, 0.3) is 5.91 Å². The molecule has 0 bridgehead atoms. The molecule has 1 aliphatic rings. The number of carbonyl (C=O) groups excluding carboxylic acids is 1. The molecule has 1 N–H and O–H groups in total. The van der Waals surface area contributed by atoms with E-state index >= 15 is 0 Å². The molecule has 1 saturated carbocycles. The predicted octanol–water partition coefficient (Wildman–Crippen LogP) is 2.89. The van der Waals surface area contributed by atoms with Crippen LogP contribution in [-0.2, 0) is 0 Å². The number of nitrogens with one attached hydrogen (secondary N) is 1. The molecule has 17 heavy (non-hydrogen) atoms. The smallest absolute Gasteiger partial charge is 0.282 e. The van der Waals surface area contributed by atoms with Gasteiger partial charge in [-0.25, -0.2) is 0 Å². The Kier molecular flexibility index (Phi) is 4.34. The minimum atomic E-state index is -0.160. The second kappa shape index (κ2) is 5.78. The van der Waals surface area contributed by atoms with Gasteiger partial charge in [-0.15, -0.1) is 10.2 Å². The molecule has 1 aromatic heterocycles. The molecule has 1 fully saturated rings. The quantitative estimate of drug-likeness (QED) is 0.921. The Bertz CT molecular complexity index is 390. The van der Waals surface area contributed by atoms with Crippen LogP contribution >= 0.6 is 22.9 Å². The van der Waals surface area contributed by atoms with Gasteiger partial charge in [0, 0.05) is 6.04 Å². The number of hydrogen-bond acceptors (Lipinski definition) is 4. The largest absolute Gasteiger partial charge is 0.347 e. The van der Waals surface area contributed by atoms with Crippen molar-refractivity contribution in [3.05, 3.63) is 9.47 Å². The van der Waals surface area contributed by atoms with Crippen LogP contribution in [0.25, 0.3) is 0 Å². The van der Waals surface area contributed by atoms with Crippen LogP contribution in [0.3, 0.4) is 0 Å². The summed E-state index contributed by atoms with van der Waals surface area (Å²) in [7, 11) is 0. The number of halogens is 1. The Labute approximate surface area is 110 Å². The number of nitrogens with zero attached hydrogens (tertiary/aromatic N) is 2. The van der Waals surface area contributed by atoms with Crippen LogP contribution in [0.15, 0.2) is 0 Å². The van der Waals surface area contributed by atoms with Gasteiger partial charge in [0.15, 0.2) is 0 Å². The Morgan fingerprint density at radius 1 is 1.41 bits per heavy atom. The van der Waals surface area contributed by atoms with Crippen LogP contribution < -0.4 is 5.32 Å². The van der Waals surface area contributed by atoms with Crippen molar-refractivity contribution in [1.29, 1.82) is 0 Å². The van der Waals surface area contributed by atoms with E-state index in [-0.39, 0.29) is 11.9 Å². The molecule has 0 aliphatic heterocycles. The van der Waals surface area contributed by atoms with Crippen molar-refractivity contribution in [2.45, 2.75) is 45.1 Å². The summed E-state index contributed by atoms with van der Waals surface area (Å²) >= 11 is 6.77. The molecule has 0 radical (unpaired) electrons. The molecular weight excluding hydrogens is 258 g/mol. The molecule has 0 spiro atoms. The lowest BCUT2D eigenvalue weighted by atomic mass is 9.84. The van der Waals surface area contributed by atoms with E-state index < -0.39 is 0 Å². The van der Waals surface area contributed by atoms with Gasteiger partial charge in [-0.05, 0) is 37.3 Å². The Morgan fingerprint density at radius 3 is 2.71 bits per heavy atom. The summed E-state index contributed by atoms with van der Waals surface area (Å²) in [5.74, 6) is 0.434. The van der Waals surface area contributed by atoms with E-state index in [1.54, 1.807) is 0 Å². The fourth-order valence-electron chi connectivity index (χ4n) is 2.32. The second-order valence-corrected chi connectivity index (χ2v) is 6.08. The third-order valence-corrected chi connectivity index (χ3v) is 4.33. The van der Waals surface area contributed by atoms with Gasteiger partial charge >= 0.3 is 0 Å². The topological polar surface area (TPSA) is 54.9 Å². The summed E-state index contributed by atoms with van der Waals surface area (Å²) in [6.07, 6.45) is 6.28. The monoisotopic (exact) mass is 273 g/mol. The zero-order valence-electron chi connectivity index (χ0n) is 9.78. The number of aromatic nitrogens is 2. The van der Waals surface area contributed by atoms with Gasteiger partial charge in [0.05, 0.1) is 0 Å². The molecule has 94 valence electrons. The lowest BCUT2D eigenvalue weighted by Gasteiger charge is -2.27. The molecule has 0 saturated heterocycles. The molecule has 1 unspecified atom stereocenters. The van der Waals surface area contributed by atoms with Crippen molar-refractivity contribution in [1.82, 2.24) is 15.5 Å². The van der Waals surface area contributed by atoms with Crippen molar-refractivity contribution >= 4 is 28.8 Å². The van der Waals surface area contributed by atoms with Crippen molar-refractivity contribution in [3.8, 4) is 0 Å². The first kappa shape index (κ1) is 12.8. The lowest BCUT2D eigenvalue weighted by Crippen LogP contribution is -2.38. The van der Waals surface area contributed by atoms with E-state index in [2.05, 4.69) is 22.4 Å². The lowest BCUT2D eigenvalue weighted by molar-refractivity contribution is 0.0918. The molecule has 0 aromatic carbocycles. The number of amides is 1. The van der Waals surface area contributed by atoms with Crippen molar-refractivity contribution in [3.63, 3.8) is 0 Å². The fraction of sp³-hybridized carbons (Fsp3) is 0.727. The first-order chi connectivity index (χ1) is 8.16. The Morgan fingerprint density at radius 2 is 2.12 bits per heavy atom. The summed E-state index contributed by atoms with van der Waals surface area (Å²) in [6.45, 7) is 2.07. The van der Waals surface area contributed by atoms with E-state index in [1.165, 1.54) is 32.1 Å². The standard InChI is InChI=1S/C11H16ClN3OS/c1-7(8-5-3-2-4-6-8)13-9(16)10-14-15-11(12)17-10/h7-8H,2-6H2,1H3,(H,13,16). The van der Waals surface area contributed by atoms with Gasteiger partial charge in [0.1, 0.15) is 0 Å². The SMILES string of the molecule is CC(NC(=O)c1nnc(Cl)s1)C1CCCCC1. The zero-order valence-corrected chi connectivity index (χ0v) is 11.4. The van der Waals surface area contributed by atoms with Crippen LogP contribution in [0.1, 0.15) is 48.8 Å². The molecule has 1 atom stereocenters. The Hall–Kier alpha value is -0.680. The second-order valence-electron chi connectivity index (χ2n) is 4.52. The average Bonchev–Trinajstić information content (AvgIpc) is 2.77. The van der Waals surface area contributed by atoms with E-state index in [4.69, 9.17) is 11.6 Å². The van der Waals surface area contributed by atoms with Gasteiger partial charge < -0.3 is 5.32 Å². The third kappa shape index (κ3) is 3.39. The highest BCUT2D eigenvalue weighted by Gasteiger charge is 2.23. The Balaban J connectivity index is 1.89. The van der Waals surface area contributed by atoms with Crippen LogP contribution in [0.4, 0.5) is 0 Å². The molecule has 6 heteroatoms. The molecule has 2 rings (SSSR count). The van der Waals surface area contributed by atoms with Crippen LogP contribution in [-0.4, -0.2) is 22.1 Å². The number of carbonyl (C=O) groups is 1. The number of rotatable bonds is 3. The average molecular weight is 274 g/mol. The number of hydrogen-bond donors (Lipinski definition) is 1. The van der Waals surface area contributed by atoms with E-state index in [9.17, 15) is 4.79 Å². The molecule has 1 aromatic rings. The first-order valence-electron chi connectivity index (χ1n) is 5.96. The summed E-state index contributed by atoms with van der Waals surface area (Å²) < 4.78 is 0.306. The minimum absolute atomic E-state index is 0.160. The van der Waals surface area contributed by atoms with Gasteiger partial charge in [-0.1, -0.05) is 30.6 Å². The van der Waals surface area contributed by atoms with Crippen LogP contribution in [0.2, 0.25) is 4.47 Å². The van der Waals surface area contributed by atoms with Crippen LogP contribution in [0.5, 0.6) is 0 Å². The first-order valence-corrected chi connectivity index (χ1v) is 7.16. The maximum atomic E-state index is 11.8. The molecule has 1 heterocycles. The summed E-state index contributed by atoms with van der Waals surface area (Å²) in [6, 6.07) is 0.200. The van der Waals surface area contributed by atoms with E-state index in [0.29, 0.717) is 15.4 Å². The summed E-state index contributed by atoms with van der Waals surface area (Å²) in [5, 5.41) is 10.7. The molecule has 1 amide bonds. The molecular formula is C11H16ClN3OS. The zero-order chi connectivity index (χ0) is 12.3. The maximum absolute atomic E-state index is 11.8. The maximum Gasteiger partial charge on any atom is 0.282 e. The molecule has 1 aliphatic carbocycles. The third-order valence-electron chi connectivity index (χ3n) is 3.31. The highest BCUT2D eigenvalue weighted by atomic mass is 35.5. The van der Waals surface area contributed by atoms with Crippen LogP contribution in [0, 0.1) is 5.92 Å². The highest BCUT2D eigenvalue weighted by molar-refractivity contribution is 7.17. The van der Waals surface area contributed by atoms with Crippen molar-refractivity contribution in [2.75, 3.05) is 0 Å². The normalized spacial score (nSPS) is 18.9. The van der Waals surface area contributed by atoms with E-state index in [1.807, 2.05) is 0 Å². The van der Waals surface area contributed by atoms with Crippen molar-refractivity contribution in [2.24, 2.45) is 5.92 Å². The van der Waals surface area contributed by atoms with Crippen molar-refractivity contribution < 1.29 is 4.79 Å². The summed E-state index contributed by atoms with van der Waals surface area (Å²) in [4.78, 5) is 11.8. The fourth-order valence-corrected chi connectivity index (χ4v) is 3.05. The minimum Gasteiger partial charge on any atom is -0.347 e. The summed E-state index contributed by atoms with van der Waals surface area (Å²) in [5.41, 5.74) is 0. The van der Waals surface area contributed by atoms with Gasteiger partial charge in [-0.2, -0.15) is 0 Å². The molecule has 4 nitrogen and oxygen atoms in total. The predicted molar refractivity (Wildman–Crippen MR) is 68.4 cm³/mol. The van der Waals surface area contributed by atoms with E-state index in [0.717, 1.165) is 11.3 Å². The van der Waals surface area contributed by atoms with Gasteiger partial charge in [-0.3, -0.25) is 4.79 Å². The van der Waals surface area contributed by atoms with Gasteiger partial charge in [0.2, 0.25) is 9.47 Å².